The third-order valence-corrected chi connectivity index (χ3v) is 3.40. The number of rotatable bonds is 3. The van der Waals surface area contributed by atoms with Gasteiger partial charge in [0.2, 0.25) is 0 Å². The van der Waals surface area contributed by atoms with E-state index in [4.69, 9.17) is 27.9 Å². The van der Waals surface area contributed by atoms with Gasteiger partial charge in [-0.2, -0.15) is 0 Å². The molecule has 0 unspecified atom stereocenters. The lowest BCUT2D eigenvalue weighted by Crippen LogP contribution is -2.04. The Morgan fingerprint density at radius 1 is 1.22 bits per heavy atom. The third kappa shape index (κ3) is 3.37. The highest BCUT2D eigenvalue weighted by molar-refractivity contribution is 9.10. The van der Waals surface area contributed by atoms with Gasteiger partial charge < -0.3 is 4.74 Å². The number of nitrogens with zero attached hydrogens (tertiary/aromatic N) is 1. The molecule has 0 N–H and O–H groups in total. The van der Waals surface area contributed by atoms with E-state index in [9.17, 15) is 0 Å². The smallest absolute Gasteiger partial charge is 0.139 e. The number of hydrogen-bond acceptors (Lipinski definition) is 2. The highest BCUT2D eigenvalue weighted by Crippen LogP contribution is 2.30. The Hall–Kier alpha value is -0.770. The van der Waals surface area contributed by atoms with Crippen molar-refractivity contribution in [2.75, 3.05) is 0 Å². The molecule has 1 aromatic heterocycles. The molecule has 5 heteroatoms. The van der Waals surface area contributed by atoms with Crippen molar-refractivity contribution in [3.05, 3.63) is 56.7 Å². The van der Waals surface area contributed by atoms with Crippen LogP contribution in [0, 0.1) is 0 Å². The molecule has 0 amide bonds. The lowest BCUT2D eigenvalue weighted by Gasteiger charge is -2.16. The molecule has 2 nitrogen and oxygen atoms in total. The highest BCUT2D eigenvalue weighted by atomic mass is 79.9. The maximum Gasteiger partial charge on any atom is 0.139 e. The van der Waals surface area contributed by atoms with Gasteiger partial charge in [0.05, 0.1) is 6.20 Å². The minimum Gasteiger partial charge on any atom is -0.484 e. The fourth-order valence-electron chi connectivity index (χ4n) is 1.55. The number of halogens is 3. The Labute approximate surface area is 124 Å². The summed E-state index contributed by atoms with van der Waals surface area (Å²) >= 11 is 15.4. The van der Waals surface area contributed by atoms with Crippen molar-refractivity contribution >= 4 is 39.1 Å². The minimum atomic E-state index is -0.202. The molecule has 2 rings (SSSR count). The van der Waals surface area contributed by atoms with E-state index in [1.165, 1.54) is 0 Å². The molecule has 0 radical (unpaired) electrons. The van der Waals surface area contributed by atoms with Crippen molar-refractivity contribution in [1.82, 2.24) is 4.98 Å². The fourth-order valence-corrected chi connectivity index (χ4v) is 2.35. The zero-order valence-corrected chi connectivity index (χ0v) is 12.6. The maximum absolute atomic E-state index is 6.13. The molecule has 1 atom stereocenters. The van der Waals surface area contributed by atoms with Crippen LogP contribution in [0.25, 0.3) is 0 Å². The van der Waals surface area contributed by atoms with Crippen LogP contribution in [0.5, 0.6) is 5.75 Å². The first-order valence-electron chi connectivity index (χ1n) is 5.28. The van der Waals surface area contributed by atoms with Gasteiger partial charge in [-0.3, -0.25) is 4.98 Å². The van der Waals surface area contributed by atoms with Gasteiger partial charge in [-0.15, -0.1) is 0 Å². The molecular weight excluding hydrogens is 337 g/mol. The average molecular weight is 347 g/mol. The van der Waals surface area contributed by atoms with Crippen LogP contribution in [-0.2, 0) is 0 Å². The molecule has 0 aliphatic rings. The highest BCUT2D eigenvalue weighted by Gasteiger charge is 2.12. The van der Waals surface area contributed by atoms with Crippen molar-refractivity contribution in [2.45, 2.75) is 13.0 Å². The molecule has 0 aliphatic heterocycles. The Bertz CT molecular complexity index is 562. The average Bonchev–Trinajstić information content (AvgIpc) is 2.32. The largest absolute Gasteiger partial charge is 0.484 e. The van der Waals surface area contributed by atoms with Crippen molar-refractivity contribution in [1.29, 1.82) is 0 Å². The summed E-state index contributed by atoms with van der Waals surface area (Å²) in [5.74, 6) is 0.674. The lowest BCUT2D eigenvalue weighted by atomic mass is 10.1. The molecule has 2 aromatic rings. The van der Waals surface area contributed by atoms with Gasteiger partial charge >= 0.3 is 0 Å². The van der Waals surface area contributed by atoms with Gasteiger partial charge in [0, 0.05) is 26.3 Å². The van der Waals surface area contributed by atoms with Gasteiger partial charge in [0.1, 0.15) is 11.9 Å². The van der Waals surface area contributed by atoms with Gasteiger partial charge in [0.25, 0.3) is 0 Å². The Morgan fingerprint density at radius 3 is 2.72 bits per heavy atom. The van der Waals surface area contributed by atoms with Crippen LogP contribution in [0.2, 0.25) is 10.0 Å². The monoisotopic (exact) mass is 345 g/mol. The first-order valence-corrected chi connectivity index (χ1v) is 6.83. The summed E-state index contributed by atoms with van der Waals surface area (Å²) in [4.78, 5) is 4.04. The minimum absolute atomic E-state index is 0.202. The number of hydrogen-bond donors (Lipinski definition) is 0. The molecular formula is C13H10BrCl2NO. The number of aromatic nitrogens is 1. The van der Waals surface area contributed by atoms with E-state index in [0.29, 0.717) is 15.8 Å². The summed E-state index contributed by atoms with van der Waals surface area (Å²) in [6.07, 6.45) is 3.15. The second-order valence-corrected chi connectivity index (χ2v) is 5.52. The van der Waals surface area contributed by atoms with Crippen LogP contribution in [0.1, 0.15) is 18.6 Å². The van der Waals surface area contributed by atoms with E-state index in [1.807, 2.05) is 13.0 Å². The van der Waals surface area contributed by atoms with Crippen molar-refractivity contribution in [2.24, 2.45) is 0 Å². The van der Waals surface area contributed by atoms with Crippen LogP contribution in [-0.4, -0.2) is 4.98 Å². The van der Waals surface area contributed by atoms with Crippen molar-refractivity contribution < 1.29 is 4.74 Å². The normalized spacial score (nSPS) is 12.2. The predicted octanol–water partition coefficient (Wildman–Crippen LogP) is 5.29. The second-order valence-electron chi connectivity index (χ2n) is 3.76. The number of pyridine rings is 1. The molecule has 0 bridgehead atoms. The summed E-state index contributed by atoms with van der Waals surface area (Å²) in [5.41, 5.74) is 0.851. The predicted molar refractivity (Wildman–Crippen MR) is 77.4 cm³/mol. The van der Waals surface area contributed by atoms with Gasteiger partial charge in [-0.1, -0.05) is 23.2 Å². The molecule has 0 aliphatic carbocycles. The molecule has 1 aromatic carbocycles. The number of ether oxygens (including phenoxy) is 1. The van der Waals surface area contributed by atoms with E-state index in [0.717, 1.165) is 10.0 Å². The molecule has 0 fully saturated rings. The molecule has 18 heavy (non-hydrogen) atoms. The van der Waals surface area contributed by atoms with E-state index >= 15 is 0 Å². The summed E-state index contributed by atoms with van der Waals surface area (Å²) < 4.78 is 6.65. The first-order chi connectivity index (χ1) is 8.56. The van der Waals surface area contributed by atoms with Crippen LogP contribution >= 0.6 is 39.1 Å². The SMILES string of the molecule is C[C@H](Oc1cncc(Br)c1)c1cc(Cl)ccc1Cl. The van der Waals surface area contributed by atoms with Crippen molar-refractivity contribution in [3.63, 3.8) is 0 Å². The van der Waals surface area contributed by atoms with E-state index < -0.39 is 0 Å². The molecule has 0 saturated carbocycles. The Kier molecular flexibility index (Phi) is 4.49. The van der Waals surface area contributed by atoms with Crippen LogP contribution in [0.3, 0.4) is 0 Å². The standard InChI is InChI=1S/C13H10BrCl2NO/c1-8(12-5-10(15)2-3-13(12)16)18-11-4-9(14)6-17-7-11/h2-8H,1H3/t8-/m0/s1. The van der Waals surface area contributed by atoms with Crippen LogP contribution in [0.15, 0.2) is 41.1 Å². The van der Waals surface area contributed by atoms with Gasteiger partial charge in [0.15, 0.2) is 0 Å². The van der Waals surface area contributed by atoms with Gasteiger partial charge in [-0.25, -0.2) is 0 Å². The number of benzene rings is 1. The third-order valence-electron chi connectivity index (χ3n) is 2.39. The Balaban J connectivity index is 2.21. The fraction of sp³-hybridized carbons (Fsp3) is 0.154. The topological polar surface area (TPSA) is 22.1 Å². The summed E-state index contributed by atoms with van der Waals surface area (Å²) in [5, 5.41) is 1.27. The van der Waals surface area contributed by atoms with Crippen LogP contribution < -0.4 is 4.74 Å². The van der Waals surface area contributed by atoms with Gasteiger partial charge in [-0.05, 0) is 47.1 Å². The first kappa shape index (κ1) is 13.7. The molecule has 0 saturated heterocycles. The quantitative estimate of drug-likeness (QED) is 0.753. The zero-order chi connectivity index (χ0) is 13.1. The maximum atomic E-state index is 6.13. The summed E-state index contributed by atoms with van der Waals surface area (Å²) in [6.45, 7) is 1.92. The Morgan fingerprint density at radius 2 is 2.00 bits per heavy atom. The van der Waals surface area contributed by atoms with Crippen LogP contribution in [0.4, 0.5) is 0 Å². The van der Waals surface area contributed by atoms with E-state index in [1.54, 1.807) is 30.6 Å². The zero-order valence-electron chi connectivity index (χ0n) is 9.53. The van der Waals surface area contributed by atoms with Crippen molar-refractivity contribution in [3.8, 4) is 5.75 Å². The second kappa shape index (κ2) is 5.91. The van der Waals surface area contributed by atoms with E-state index in [2.05, 4.69) is 20.9 Å². The lowest BCUT2D eigenvalue weighted by molar-refractivity contribution is 0.226. The summed E-state index contributed by atoms with van der Waals surface area (Å²) in [6, 6.07) is 7.17. The molecule has 94 valence electrons. The summed E-state index contributed by atoms with van der Waals surface area (Å²) in [7, 11) is 0. The van der Waals surface area contributed by atoms with E-state index in [-0.39, 0.29) is 6.10 Å². The molecule has 0 spiro atoms. The molecule has 1 heterocycles.